The molecule has 1 heterocycles. The van der Waals surface area contributed by atoms with Crippen LogP contribution in [0.2, 0.25) is 0 Å². The third-order valence-corrected chi connectivity index (χ3v) is 6.52. The second-order valence-corrected chi connectivity index (χ2v) is 8.70. The van der Waals surface area contributed by atoms with Crippen LogP contribution in [-0.4, -0.2) is 44.8 Å². The van der Waals surface area contributed by atoms with Gasteiger partial charge in [0.1, 0.15) is 0 Å². The van der Waals surface area contributed by atoms with Crippen LogP contribution in [-0.2, 0) is 14.8 Å². The highest BCUT2D eigenvalue weighted by Gasteiger charge is 2.24. The second kappa shape index (κ2) is 8.37. The number of hydrogen-bond acceptors (Lipinski definition) is 5. The van der Waals surface area contributed by atoms with Crippen LogP contribution in [0.1, 0.15) is 55.3 Å². The number of anilines is 1. The summed E-state index contributed by atoms with van der Waals surface area (Å²) in [6.07, 6.45) is 6.81. The molecule has 3 N–H and O–H groups in total. The zero-order valence-electron chi connectivity index (χ0n) is 14.7. The first-order chi connectivity index (χ1) is 12.5. The summed E-state index contributed by atoms with van der Waals surface area (Å²) in [6.45, 7) is 1.23. The molecule has 1 aromatic rings. The molecule has 1 aliphatic heterocycles. The molecule has 1 aromatic carbocycles. The first kappa shape index (κ1) is 19.1. The first-order valence-electron chi connectivity index (χ1n) is 9.21. The third-order valence-electron chi connectivity index (χ3n) is 5.00. The molecule has 8 heteroatoms. The summed E-state index contributed by atoms with van der Waals surface area (Å²) in [5, 5.41) is 12.6. The number of hydrogen-bond donors (Lipinski definition) is 3. The zero-order chi connectivity index (χ0) is 18.6. The molecule has 0 aromatic heterocycles. The maximum Gasteiger partial charge on any atom is 0.337 e. The fourth-order valence-corrected chi connectivity index (χ4v) is 4.89. The van der Waals surface area contributed by atoms with E-state index in [-0.39, 0.29) is 22.6 Å². The van der Waals surface area contributed by atoms with Gasteiger partial charge in [0.2, 0.25) is 10.0 Å². The molecule has 2 aliphatic rings. The van der Waals surface area contributed by atoms with Gasteiger partial charge < -0.3 is 15.2 Å². The van der Waals surface area contributed by atoms with Gasteiger partial charge in [0, 0.05) is 24.9 Å². The number of carbonyl (C=O) groups is 1. The summed E-state index contributed by atoms with van der Waals surface area (Å²) < 4.78 is 33.5. The lowest BCUT2D eigenvalue weighted by atomic mass is 9.96. The third kappa shape index (κ3) is 4.75. The van der Waals surface area contributed by atoms with Crippen LogP contribution >= 0.6 is 0 Å². The molecule has 1 aliphatic carbocycles. The van der Waals surface area contributed by atoms with Crippen molar-refractivity contribution in [3.63, 3.8) is 0 Å². The minimum Gasteiger partial charge on any atom is -0.478 e. The molecule has 0 radical (unpaired) electrons. The molecular formula is C18H26N2O5S. The van der Waals surface area contributed by atoms with Gasteiger partial charge in [-0.25, -0.2) is 17.9 Å². The maximum atomic E-state index is 12.6. The second-order valence-electron chi connectivity index (χ2n) is 6.98. The van der Waals surface area contributed by atoms with Crippen molar-refractivity contribution in [2.75, 3.05) is 18.5 Å². The van der Waals surface area contributed by atoms with Gasteiger partial charge in [-0.2, -0.15) is 0 Å². The molecule has 144 valence electrons. The van der Waals surface area contributed by atoms with E-state index in [4.69, 9.17) is 4.74 Å². The van der Waals surface area contributed by atoms with Gasteiger partial charge in [-0.1, -0.05) is 19.3 Å². The van der Waals surface area contributed by atoms with Gasteiger partial charge in [0.15, 0.2) is 0 Å². The predicted molar refractivity (Wildman–Crippen MR) is 98.1 cm³/mol. The van der Waals surface area contributed by atoms with E-state index in [2.05, 4.69) is 10.0 Å². The van der Waals surface area contributed by atoms with Crippen molar-refractivity contribution in [2.45, 2.75) is 62.0 Å². The fourth-order valence-electron chi connectivity index (χ4n) is 3.56. The first-order valence-corrected chi connectivity index (χ1v) is 10.7. The van der Waals surface area contributed by atoms with Crippen LogP contribution in [0.5, 0.6) is 0 Å². The molecule has 1 unspecified atom stereocenters. The molecule has 1 saturated carbocycles. The van der Waals surface area contributed by atoms with Gasteiger partial charge in [-0.15, -0.1) is 0 Å². The highest BCUT2D eigenvalue weighted by atomic mass is 32.2. The molecule has 0 bridgehead atoms. The number of sulfonamides is 1. The van der Waals surface area contributed by atoms with Crippen LogP contribution in [0, 0.1) is 0 Å². The van der Waals surface area contributed by atoms with Crippen LogP contribution in [0.25, 0.3) is 0 Å². The largest absolute Gasteiger partial charge is 0.478 e. The average molecular weight is 382 g/mol. The Bertz CT molecular complexity index is 738. The molecule has 1 atom stereocenters. The van der Waals surface area contributed by atoms with Gasteiger partial charge in [0.05, 0.1) is 16.6 Å². The van der Waals surface area contributed by atoms with E-state index >= 15 is 0 Å². The summed E-state index contributed by atoms with van der Waals surface area (Å²) in [7, 11) is -3.73. The zero-order valence-corrected chi connectivity index (χ0v) is 15.6. The van der Waals surface area contributed by atoms with E-state index in [1.54, 1.807) is 0 Å². The maximum absolute atomic E-state index is 12.6. The molecule has 7 nitrogen and oxygen atoms in total. The highest BCUT2D eigenvalue weighted by Crippen LogP contribution is 2.24. The Morgan fingerprint density at radius 2 is 1.92 bits per heavy atom. The Hall–Kier alpha value is -1.64. The Morgan fingerprint density at radius 3 is 2.58 bits per heavy atom. The SMILES string of the molecule is O=C(O)c1cc(S(=O)(=O)NC2CCCCC2)ccc1NCC1CCCO1. The minimum atomic E-state index is -3.73. The van der Waals surface area contributed by atoms with Gasteiger partial charge in [0.25, 0.3) is 0 Å². The number of carboxylic acids is 1. The average Bonchev–Trinajstić information content (AvgIpc) is 3.13. The van der Waals surface area contributed by atoms with Crippen molar-refractivity contribution in [1.82, 2.24) is 4.72 Å². The summed E-state index contributed by atoms with van der Waals surface area (Å²) in [4.78, 5) is 11.6. The minimum absolute atomic E-state index is 0.0110. The number of aromatic carboxylic acids is 1. The van der Waals surface area contributed by atoms with Crippen molar-refractivity contribution in [3.05, 3.63) is 23.8 Å². The standard InChI is InChI=1S/C18H26N2O5S/c21-18(22)16-11-15(26(23,24)20-13-5-2-1-3-6-13)8-9-17(16)19-12-14-7-4-10-25-14/h8-9,11,13-14,19-20H,1-7,10,12H2,(H,21,22). The molecular weight excluding hydrogens is 356 g/mol. The summed E-state index contributed by atoms with van der Waals surface area (Å²) in [5.74, 6) is -1.16. The van der Waals surface area contributed by atoms with Crippen molar-refractivity contribution in [1.29, 1.82) is 0 Å². The van der Waals surface area contributed by atoms with E-state index in [1.807, 2.05) is 0 Å². The Labute approximate surface area is 154 Å². The smallest absolute Gasteiger partial charge is 0.337 e. The number of rotatable bonds is 7. The van der Waals surface area contributed by atoms with E-state index in [9.17, 15) is 18.3 Å². The van der Waals surface area contributed by atoms with E-state index in [1.165, 1.54) is 18.2 Å². The molecule has 1 saturated heterocycles. The van der Waals surface area contributed by atoms with Crippen molar-refractivity contribution >= 4 is 21.7 Å². The van der Waals surface area contributed by atoms with Crippen LogP contribution in [0.4, 0.5) is 5.69 Å². The monoisotopic (exact) mass is 382 g/mol. The predicted octanol–water partition coefficient (Wildman–Crippen LogP) is 2.59. The van der Waals surface area contributed by atoms with E-state index in [0.717, 1.165) is 51.6 Å². The fraction of sp³-hybridized carbons (Fsp3) is 0.611. The van der Waals surface area contributed by atoms with Gasteiger partial charge in [-0.3, -0.25) is 0 Å². The number of nitrogens with one attached hydrogen (secondary N) is 2. The highest BCUT2D eigenvalue weighted by molar-refractivity contribution is 7.89. The molecule has 0 amide bonds. The Kier molecular flexibility index (Phi) is 6.16. The van der Waals surface area contributed by atoms with E-state index in [0.29, 0.717) is 12.2 Å². The molecule has 26 heavy (non-hydrogen) atoms. The number of benzene rings is 1. The lowest BCUT2D eigenvalue weighted by Crippen LogP contribution is -2.36. The summed E-state index contributed by atoms with van der Waals surface area (Å²) in [6, 6.07) is 4.13. The Balaban J connectivity index is 1.74. The lowest BCUT2D eigenvalue weighted by Gasteiger charge is -2.23. The quantitative estimate of drug-likeness (QED) is 0.669. The molecule has 3 rings (SSSR count). The summed E-state index contributed by atoms with van der Waals surface area (Å²) in [5.41, 5.74) is 0.360. The summed E-state index contributed by atoms with van der Waals surface area (Å²) >= 11 is 0. The van der Waals surface area contributed by atoms with Gasteiger partial charge >= 0.3 is 5.97 Å². The van der Waals surface area contributed by atoms with Crippen LogP contribution in [0.3, 0.4) is 0 Å². The van der Waals surface area contributed by atoms with Gasteiger partial charge in [-0.05, 0) is 43.9 Å². The Morgan fingerprint density at radius 1 is 1.15 bits per heavy atom. The lowest BCUT2D eigenvalue weighted by molar-refractivity contribution is 0.0697. The number of ether oxygens (including phenoxy) is 1. The van der Waals surface area contributed by atoms with E-state index < -0.39 is 16.0 Å². The van der Waals surface area contributed by atoms with Crippen LogP contribution < -0.4 is 10.0 Å². The van der Waals surface area contributed by atoms with Crippen molar-refractivity contribution in [3.8, 4) is 0 Å². The molecule has 2 fully saturated rings. The normalized spacial score (nSPS) is 21.6. The van der Waals surface area contributed by atoms with Crippen molar-refractivity contribution in [2.24, 2.45) is 0 Å². The number of carboxylic acid groups (broad SMARTS) is 1. The molecule has 0 spiro atoms. The topological polar surface area (TPSA) is 105 Å². The van der Waals surface area contributed by atoms with Crippen LogP contribution in [0.15, 0.2) is 23.1 Å². The van der Waals surface area contributed by atoms with Crippen molar-refractivity contribution < 1.29 is 23.1 Å².